The normalized spacial score (nSPS) is 11.0. The molecule has 2 N–H and O–H groups in total. The molecule has 2 aromatic rings. The number of thioether (sulfide) groups is 1. The number of benzene rings is 2. The van der Waals surface area contributed by atoms with Crippen LogP contribution in [0.2, 0.25) is 0 Å². The van der Waals surface area contributed by atoms with Crippen LogP contribution in [0.4, 0.5) is 0 Å². The van der Waals surface area contributed by atoms with Gasteiger partial charge in [0.05, 0.1) is 5.75 Å². The first-order chi connectivity index (χ1) is 11.9. The Morgan fingerprint density at radius 1 is 0.920 bits per heavy atom. The average molecular weight is 356 g/mol. The lowest BCUT2D eigenvalue weighted by Gasteiger charge is -2.19. The van der Waals surface area contributed by atoms with Crippen molar-refractivity contribution in [3.63, 3.8) is 0 Å². The Kier molecular flexibility index (Phi) is 6.65. The van der Waals surface area contributed by atoms with E-state index in [1.807, 2.05) is 42.5 Å². The van der Waals surface area contributed by atoms with Gasteiger partial charge >= 0.3 is 0 Å². The molecule has 25 heavy (non-hydrogen) atoms. The minimum absolute atomic E-state index is 0.0409. The van der Waals surface area contributed by atoms with Gasteiger partial charge in [-0.05, 0) is 28.7 Å². The van der Waals surface area contributed by atoms with Crippen LogP contribution >= 0.6 is 11.8 Å². The lowest BCUT2D eigenvalue weighted by molar-refractivity contribution is -0.119. The molecule has 0 atom stereocenters. The molecule has 2 rings (SSSR count). The highest BCUT2D eigenvalue weighted by atomic mass is 32.2. The quantitative estimate of drug-likeness (QED) is 0.804. The Hall–Kier alpha value is -2.27. The van der Waals surface area contributed by atoms with E-state index in [0.717, 1.165) is 11.3 Å². The molecule has 5 heteroatoms. The van der Waals surface area contributed by atoms with E-state index in [2.05, 4.69) is 31.6 Å². The molecule has 0 unspecified atom stereocenters. The summed E-state index contributed by atoms with van der Waals surface area (Å²) < 4.78 is 0. The fourth-order valence-electron chi connectivity index (χ4n) is 2.19. The summed E-state index contributed by atoms with van der Waals surface area (Å²) in [5, 5.41) is 0. The van der Waals surface area contributed by atoms with Crippen molar-refractivity contribution in [1.82, 2.24) is 10.9 Å². The third-order valence-corrected chi connectivity index (χ3v) is 4.68. The molecule has 0 fully saturated rings. The summed E-state index contributed by atoms with van der Waals surface area (Å²) in [4.78, 5) is 23.9. The topological polar surface area (TPSA) is 58.2 Å². The first-order valence-corrected chi connectivity index (χ1v) is 9.33. The van der Waals surface area contributed by atoms with Crippen LogP contribution in [0.25, 0.3) is 0 Å². The van der Waals surface area contributed by atoms with Crippen LogP contribution < -0.4 is 10.9 Å². The predicted molar refractivity (Wildman–Crippen MR) is 103 cm³/mol. The average Bonchev–Trinajstić information content (AvgIpc) is 2.60. The van der Waals surface area contributed by atoms with Crippen LogP contribution in [0.15, 0.2) is 54.6 Å². The van der Waals surface area contributed by atoms with E-state index < -0.39 is 0 Å². The summed E-state index contributed by atoms with van der Waals surface area (Å²) in [6.45, 7) is 6.36. The highest BCUT2D eigenvalue weighted by Gasteiger charge is 2.14. The molecule has 2 aromatic carbocycles. The fraction of sp³-hybridized carbons (Fsp3) is 0.300. The maximum atomic E-state index is 12.1. The second kappa shape index (κ2) is 8.72. The molecule has 0 saturated heterocycles. The van der Waals surface area contributed by atoms with Gasteiger partial charge in [0.1, 0.15) is 0 Å². The number of carbonyl (C=O) groups is 2. The molecule has 0 saturated carbocycles. The van der Waals surface area contributed by atoms with E-state index in [0.29, 0.717) is 5.56 Å². The molecule has 0 bridgehead atoms. The van der Waals surface area contributed by atoms with Crippen molar-refractivity contribution in [3.8, 4) is 0 Å². The van der Waals surface area contributed by atoms with E-state index in [-0.39, 0.29) is 23.0 Å². The highest BCUT2D eigenvalue weighted by molar-refractivity contribution is 7.99. The van der Waals surface area contributed by atoms with Crippen LogP contribution in [0.1, 0.15) is 42.3 Å². The SMILES string of the molecule is CC(C)(C)c1ccc(C(=O)NNC(=O)CSCc2ccccc2)cc1. The zero-order chi connectivity index (χ0) is 18.3. The minimum Gasteiger partial charge on any atom is -0.272 e. The second-order valence-corrected chi connectivity index (χ2v) is 7.79. The van der Waals surface area contributed by atoms with Gasteiger partial charge in [-0.15, -0.1) is 11.8 Å². The number of rotatable bonds is 5. The smallest absolute Gasteiger partial charge is 0.269 e. The monoisotopic (exact) mass is 356 g/mol. The van der Waals surface area contributed by atoms with E-state index in [9.17, 15) is 9.59 Å². The maximum Gasteiger partial charge on any atom is 0.269 e. The highest BCUT2D eigenvalue weighted by Crippen LogP contribution is 2.22. The van der Waals surface area contributed by atoms with Gasteiger partial charge < -0.3 is 0 Å². The zero-order valence-corrected chi connectivity index (χ0v) is 15.7. The van der Waals surface area contributed by atoms with E-state index in [4.69, 9.17) is 0 Å². The van der Waals surface area contributed by atoms with Gasteiger partial charge in [-0.1, -0.05) is 63.2 Å². The van der Waals surface area contributed by atoms with Crippen molar-refractivity contribution in [2.75, 3.05) is 5.75 Å². The maximum absolute atomic E-state index is 12.1. The lowest BCUT2D eigenvalue weighted by atomic mass is 9.87. The standard InChI is InChI=1S/C20H24N2O2S/c1-20(2,3)17-11-9-16(10-12-17)19(24)22-21-18(23)14-25-13-15-7-5-4-6-8-15/h4-12H,13-14H2,1-3H3,(H,21,23)(H,22,24). The van der Waals surface area contributed by atoms with E-state index in [1.54, 1.807) is 12.1 Å². The minimum atomic E-state index is -0.318. The summed E-state index contributed by atoms with van der Waals surface area (Å²) >= 11 is 1.50. The molecule has 0 aromatic heterocycles. The van der Waals surface area contributed by atoms with Crippen molar-refractivity contribution >= 4 is 23.6 Å². The van der Waals surface area contributed by atoms with E-state index >= 15 is 0 Å². The summed E-state index contributed by atoms with van der Waals surface area (Å²) in [5.41, 5.74) is 7.79. The van der Waals surface area contributed by atoms with Crippen molar-refractivity contribution in [2.45, 2.75) is 31.9 Å². The third-order valence-electron chi connectivity index (χ3n) is 3.67. The predicted octanol–water partition coefficient (Wildman–Crippen LogP) is 3.68. The lowest BCUT2D eigenvalue weighted by Crippen LogP contribution is -2.42. The van der Waals surface area contributed by atoms with Crippen LogP contribution in [0.5, 0.6) is 0 Å². The molecule has 0 spiro atoms. The van der Waals surface area contributed by atoms with Gasteiger partial charge in [-0.2, -0.15) is 0 Å². The molecule has 0 radical (unpaired) electrons. The second-order valence-electron chi connectivity index (χ2n) is 6.81. The number of hydrogen-bond acceptors (Lipinski definition) is 3. The van der Waals surface area contributed by atoms with Crippen LogP contribution in [-0.2, 0) is 16.0 Å². The van der Waals surface area contributed by atoms with Gasteiger partial charge in [0.2, 0.25) is 5.91 Å². The molecule has 132 valence electrons. The summed E-state index contributed by atoms with van der Waals surface area (Å²) in [5.74, 6) is 0.511. The molecule has 0 aliphatic carbocycles. The summed E-state index contributed by atoms with van der Waals surface area (Å²) in [6, 6.07) is 17.4. The molecule has 0 heterocycles. The molecule has 0 aliphatic heterocycles. The van der Waals surface area contributed by atoms with Crippen LogP contribution in [0.3, 0.4) is 0 Å². The third kappa shape index (κ3) is 6.27. The molecule has 2 amide bonds. The Balaban J connectivity index is 1.74. The largest absolute Gasteiger partial charge is 0.272 e. The number of nitrogens with one attached hydrogen (secondary N) is 2. The van der Waals surface area contributed by atoms with Crippen molar-refractivity contribution < 1.29 is 9.59 Å². The Labute approximate surface area is 153 Å². The first kappa shape index (κ1) is 19.1. The Morgan fingerprint density at radius 2 is 1.56 bits per heavy atom. The van der Waals surface area contributed by atoms with Crippen molar-refractivity contribution in [1.29, 1.82) is 0 Å². The number of amides is 2. The number of hydrazine groups is 1. The Morgan fingerprint density at radius 3 is 2.16 bits per heavy atom. The molecule has 0 aliphatic rings. The fourth-order valence-corrected chi connectivity index (χ4v) is 2.98. The van der Waals surface area contributed by atoms with E-state index in [1.165, 1.54) is 17.3 Å². The van der Waals surface area contributed by atoms with Crippen LogP contribution in [-0.4, -0.2) is 17.6 Å². The number of carbonyl (C=O) groups excluding carboxylic acids is 2. The van der Waals surface area contributed by atoms with Gasteiger partial charge in [0, 0.05) is 11.3 Å². The van der Waals surface area contributed by atoms with Gasteiger partial charge in [0.25, 0.3) is 5.91 Å². The Bertz CT molecular complexity index is 707. The van der Waals surface area contributed by atoms with Gasteiger partial charge in [0.15, 0.2) is 0 Å². The molecule has 4 nitrogen and oxygen atoms in total. The van der Waals surface area contributed by atoms with Gasteiger partial charge in [-0.3, -0.25) is 20.4 Å². The molecular formula is C20H24N2O2S. The molecular weight excluding hydrogens is 332 g/mol. The first-order valence-electron chi connectivity index (χ1n) is 8.17. The zero-order valence-electron chi connectivity index (χ0n) is 14.8. The van der Waals surface area contributed by atoms with Gasteiger partial charge in [-0.25, -0.2) is 0 Å². The van der Waals surface area contributed by atoms with Crippen molar-refractivity contribution in [2.24, 2.45) is 0 Å². The van der Waals surface area contributed by atoms with Crippen LogP contribution in [0, 0.1) is 0 Å². The van der Waals surface area contributed by atoms with Crippen molar-refractivity contribution in [3.05, 3.63) is 71.3 Å². The summed E-state index contributed by atoms with van der Waals surface area (Å²) in [7, 11) is 0. The summed E-state index contributed by atoms with van der Waals surface area (Å²) in [6.07, 6.45) is 0. The number of hydrogen-bond donors (Lipinski definition) is 2.